The van der Waals surface area contributed by atoms with E-state index in [9.17, 15) is 22.8 Å². The first-order valence-corrected chi connectivity index (χ1v) is 9.63. The van der Waals surface area contributed by atoms with Gasteiger partial charge >= 0.3 is 6.18 Å². The molecule has 28 heavy (non-hydrogen) atoms. The summed E-state index contributed by atoms with van der Waals surface area (Å²) in [6.07, 6.45) is -3.75. The van der Waals surface area contributed by atoms with Crippen LogP contribution < -0.4 is 0 Å². The van der Waals surface area contributed by atoms with Gasteiger partial charge in [-0.15, -0.1) is 0 Å². The molecule has 2 aliphatic heterocycles. The maximum absolute atomic E-state index is 12.8. The first-order valence-electron chi connectivity index (χ1n) is 9.63. The van der Waals surface area contributed by atoms with E-state index < -0.39 is 24.5 Å². The molecule has 2 saturated heterocycles. The van der Waals surface area contributed by atoms with Gasteiger partial charge in [-0.25, -0.2) is 0 Å². The van der Waals surface area contributed by atoms with Crippen molar-refractivity contribution in [2.75, 3.05) is 39.3 Å². The third kappa shape index (κ3) is 5.25. The lowest BCUT2D eigenvalue weighted by atomic mass is 10.1. The second kappa shape index (κ2) is 8.51. The van der Waals surface area contributed by atoms with Crippen molar-refractivity contribution in [3.8, 4) is 0 Å². The number of halogens is 3. The number of aryl methyl sites for hydroxylation is 1. The molecule has 3 rings (SSSR count). The molecule has 0 spiro atoms. The molecule has 0 bridgehead atoms. The van der Waals surface area contributed by atoms with E-state index in [4.69, 9.17) is 0 Å². The molecule has 2 fully saturated rings. The van der Waals surface area contributed by atoms with E-state index in [0.717, 1.165) is 24.4 Å². The number of amides is 2. The van der Waals surface area contributed by atoms with E-state index in [1.165, 1.54) is 11.1 Å². The second-order valence-electron chi connectivity index (χ2n) is 7.67. The summed E-state index contributed by atoms with van der Waals surface area (Å²) in [4.78, 5) is 29.4. The highest BCUT2D eigenvalue weighted by Gasteiger charge is 2.41. The van der Waals surface area contributed by atoms with Gasteiger partial charge in [-0.3, -0.25) is 14.5 Å². The Morgan fingerprint density at radius 1 is 1.14 bits per heavy atom. The Balaban J connectivity index is 1.54. The topological polar surface area (TPSA) is 43.9 Å². The van der Waals surface area contributed by atoms with Gasteiger partial charge in [0.2, 0.25) is 11.8 Å². The number of carbonyl (C=O) groups is 2. The van der Waals surface area contributed by atoms with Crippen molar-refractivity contribution in [2.24, 2.45) is 5.92 Å². The van der Waals surface area contributed by atoms with Crippen molar-refractivity contribution in [1.29, 1.82) is 0 Å². The zero-order valence-corrected chi connectivity index (χ0v) is 16.0. The monoisotopic (exact) mass is 397 g/mol. The van der Waals surface area contributed by atoms with Crippen LogP contribution >= 0.6 is 0 Å². The van der Waals surface area contributed by atoms with Crippen molar-refractivity contribution in [3.63, 3.8) is 0 Å². The maximum atomic E-state index is 12.8. The van der Waals surface area contributed by atoms with E-state index in [1.54, 1.807) is 4.90 Å². The van der Waals surface area contributed by atoms with Gasteiger partial charge in [-0.2, -0.15) is 13.2 Å². The fourth-order valence-electron chi connectivity index (χ4n) is 3.94. The summed E-state index contributed by atoms with van der Waals surface area (Å²) >= 11 is 0. The van der Waals surface area contributed by atoms with Crippen molar-refractivity contribution < 1.29 is 22.8 Å². The lowest BCUT2D eigenvalue weighted by Gasteiger charge is -2.25. The van der Waals surface area contributed by atoms with Gasteiger partial charge in [0.05, 0.1) is 5.92 Å². The predicted octanol–water partition coefficient (Wildman–Crippen LogP) is 2.44. The molecule has 1 aromatic rings. The minimum absolute atomic E-state index is 0.127. The average molecular weight is 397 g/mol. The Bertz CT molecular complexity index is 723. The van der Waals surface area contributed by atoms with Crippen LogP contribution in [-0.2, 0) is 16.1 Å². The lowest BCUT2D eigenvalue weighted by molar-refractivity contribution is -0.157. The Labute approximate surface area is 163 Å². The largest absolute Gasteiger partial charge is 0.406 e. The molecule has 0 aliphatic carbocycles. The SMILES string of the molecule is Cc1ccccc1CN1CCCN(C(=O)C2CC(=O)N(CC(F)(F)F)C2)CC1. The molecule has 8 heteroatoms. The van der Waals surface area contributed by atoms with Crippen molar-refractivity contribution >= 4 is 11.8 Å². The van der Waals surface area contributed by atoms with Gasteiger partial charge in [-0.05, 0) is 24.5 Å². The van der Waals surface area contributed by atoms with Crippen LogP contribution in [0.3, 0.4) is 0 Å². The summed E-state index contributed by atoms with van der Waals surface area (Å²) in [5.41, 5.74) is 2.49. The predicted molar refractivity (Wildman–Crippen MR) is 98.4 cm³/mol. The Kier molecular flexibility index (Phi) is 6.27. The fourth-order valence-corrected chi connectivity index (χ4v) is 3.94. The van der Waals surface area contributed by atoms with Crippen LogP contribution in [0.15, 0.2) is 24.3 Å². The standard InChI is InChI=1S/C20H26F3N3O2/c1-15-5-2-3-6-16(15)12-24-7-4-8-25(10-9-24)19(28)17-11-18(27)26(13-17)14-20(21,22)23/h2-3,5-6,17H,4,7-14H2,1H3. The van der Waals surface area contributed by atoms with Gasteiger partial charge in [-0.1, -0.05) is 24.3 Å². The number of rotatable bonds is 4. The minimum Gasteiger partial charge on any atom is -0.341 e. The summed E-state index contributed by atoms with van der Waals surface area (Å²) in [6, 6.07) is 8.20. The van der Waals surface area contributed by atoms with Gasteiger partial charge in [0.1, 0.15) is 6.54 Å². The average Bonchev–Trinajstić information content (AvgIpc) is 2.83. The Morgan fingerprint density at radius 3 is 2.61 bits per heavy atom. The zero-order chi connectivity index (χ0) is 20.3. The van der Waals surface area contributed by atoms with Crippen molar-refractivity contribution in [2.45, 2.75) is 32.5 Å². The highest BCUT2D eigenvalue weighted by molar-refractivity contribution is 5.89. The van der Waals surface area contributed by atoms with Crippen molar-refractivity contribution in [1.82, 2.24) is 14.7 Å². The number of carbonyl (C=O) groups excluding carboxylic acids is 2. The highest BCUT2D eigenvalue weighted by atomic mass is 19.4. The van der Waals surface area contributed by atoms with Gasteiger partial charge in [0.25, 0.3) is 0 Å². The van der Waals surface area contributed by atoms with Crippen LogP contribution in [0.25, 0.3) is 0 Å². The summed E-state index contributed by atoms with van der Waals surface area (Å²) in [7, 11) is 0. The molecule has 2 amide bonds. The van der Waals surface area contributed by atoms with Gasteiger partial charge in [0.15, 0.2) is 0 Å². The number of alkyl halides is 3. The number of hydrogen-bond donors (Lipinski definition) is 0. The zero-order valence-electron chi connectivity index (χ0n) is 16.0. The van der Waals surface area contributed by atoms with Crippen LogP contribution in [0.4, 0.5) is 13.2 Å². The number of hydrogen-bond acceptors (Lipinski definition) is 3. The van der Waals surface area contributed by atoms with Crippen LogP contribution in [-0.4, -0.2) is 72.0 Å². The number of benzene rings is 1. The summed E-state index contributed by atoms with van der Waals surface area (Å²) in [6.45, 7) is 4.17. The summed E-state index contributed by atoms with van der Waals surface area (Å²) < 4.78 is 37.7. The van der Waals surface area contributed by atoms with E-state index in [1.807, 2.05) is 12.1 Å². The van der Waals surface area contributed by atoms with Gasteiger partial charge in [0, 0.05) is 45.7 Å². The number of likely N-dealkylation sites (tertiary alicyclic amines) is 1. The highest BCUT2D eigenvalue weighted by Crippen LogP contribution is 2.25. The van der Waals surface area contributed by atoms with Crippen LogP contribution in [0.2, 0.25) is 0 Å². The fraction of sp³-hybridized carbons (Fsp3) is 0.600. The molecule has 154 valence electrons. The summed E-state index contributed by atoms with van der Waals surface area (Å²) in [5.74, 6) is -1.46. The van der Waals surface area contributed by atoms with Crippen LogP contribution in [0, 0.1) is 12.8 Å². The molecule has 0 radical (unpaired) electrons. The van der Waals surface area contributed by atoms with Gasteiger partial charge < -0.3 is 9.80 Å². The molecular formula is C20H26F3N3O2. The third-order valence-corrected chi connectivity index (χ3v) is 5.49. The van der Waals surface area contributed by atoms with E-state index in [-0.39, 0.29) is 18.9 Å². The van der Waals surface area contributed by atoms with E-state index in [0.29, 0.717) is 19.6 Å². The molecule has 0 aromatic heterocycles. The molecule has 2 heterocycles. The lowest BCUT2D eigenvalue weighted by Crippen LogP contribution is -2.40. The molecule has 5 nitrogen and oxygen atoms in total. The third-order valence-electron chi connectivity index (χ3n) is 5.49. The number of nitrogens with zero attached hydrogens (tertiary/aromatic N) is 3. The quantitative estimate of drug-likeness (QED) is 0.784. The molecule has 1 aromatic carbocycles. The van der Waals surface area contributed by atoms with E-state index >= 15 is 0 Å². The maximum Gasteiger partial charge on any atom is 0.406 e. The minimum atomic E-state index is -4.44. The van der Waals surface area contributed by atoms with E-state index in [2.05, 4.69) is 24.0 Å². The molecular weight excluding hydrogens is 371 g/mol. The molecule has 1 unspecified atom stereocenters. The molecule has 2 aliphatic rings. The first-order chi connectivity index (χ1) is 13.2. The normalized spacial score (nSPS) is 21.9. The molecule has 0 N–H and O–H groups in total. The first kappa shape index (κ1) is 20.6. The van der Waals surface area contributed by atoms with Crippen LogP contribution in [0.5, 0.6) is 0 Å². The Morgan fingerprint density at radius 2 is 1.89 bits per heavy atom. The smallest absolute Gasteiger partial charge is 0.341 e. The van der Waals surface area contributed by atoms with Crippen LogP contribution in [0.1, 0.15) is 24.0 Å². The second-order valence-corrected chi connectivity index (χ2v) is 7.67. The summed E-state index contributed by atoms with van der Waals surface area (Å²) in [5, 5.41) is 0. The van der Waals surface area contributed by atoms with Crippen molar-refractivity contribution in [3.05, 3.63) is 35.4 Å². The molecule has 0 saturated carbocycles. The molecule has 1 atom stereocenters. The Hall–Kier alpha value is -2.09.